The Morgan fingerprint density at radius 2 is 1.91 bits per heavy atom. The lowest BCUT2D eigenvalue weighted by Gasteiger charge is -2.25. The number of anilines is 1. The number of hydrogen-bond donors (Lipinski definition) is 1. The molecule has 2 heterocycles. The van der Waals surface area contributed by atoms with Gasteiger partial charge in [0.1, 0.15) is 5.01 Å². The molecule has 118 valence electrons. The number of para-hydroxylation sites is 1. The minimum atomic E-state index is -0.399. The highest BCUT2D eigenvalue weighted by molar-refractivity contribution is 7.13. The minimum absolute atomic E-state index is 0.399. The average molecular weight is 325 g/mol. The fraction of sp³-hybridized carbons (Fsp3) is 0.222. The molecule has 0 aliphatic carbocycles. The van der Waals surface area contributed by atoms with Crippen molar-refractivity contribution < 1.29 is 5.11 Å². The second kappa shape index (κ2) is 7.35. The fourth-order valence-corrected chi connectivity index (χ4v) is 3.19. The van der Waals surface area contributed by atoms with Crippen LogP contribution in [0.4, 0.5) is 5.69 Å². The third-order valence-corrected chi connectivity index (χ3v) is 4.31. The Labute approximate surface area is 140 Å². The Balaban J connectivity index is 1.79. The monoisotopic (exact) mass is 325 g/mol. The molecular formula is C18H19N3OS. The van der Waals surface area contributed by atoms with Crippen LogP contribution in [-0.2, 0) is 6.54 Å². The number of thiazole rings is 1. The van der Waals surface area contributed by atoms with Gasteiger partial charge in [0.2, 0.25) is 0 Å². The van der Waals surface area contributed by atoms with Crippen LogP contribution in [0.5, 0.6) is 0 Å². The predicted molar refractivity (Wildman–Crippen MR) is 94.5 cm³/mol. The molecule has 0 radical (unpaired) electrons. The molecule has 0 fully saturated rings. The summed E-state index contributed by atoms with van der Waals surface area (Å²) in [4.78, 5) is 11.2. The van der Waals surface area contributed by atoms with Gasteiger partial charge in [-0.15, -0.1) is 11.3 Å². The second-order valence-corrected chi connectivity index (χ2v) is 6.28. The molecule has 1 atom stereocenters. The maximum absolute atomic E-state index is 9.78. The normalized spacial score (nSPS) is 12.1. The van der Waals surface area contributed by atoms with Gasteiger partial charge in [-0.05, 0) is 31.2 Å². The maximum Gasteiger partial charge on any atom is 0.142 e. The summed E-state index contributed by atoms with van der Waals surface area (Å²) < 4.78 is 0. The van der Waals surface area contributed by atoms with Crippen molar-refractivity contribution in [1.29, 1.82) is 0 Å². The number of hydrogen-bond acceptors (Lipinski definition) is 5. The summed E-state index contributed by atoms with van der Waals surface area (Å²) in [5.74, 6) is 0. The molecule has 3 aromatic rings. The summed E-state index contributed by atoms with van der Waals surface area (Å²) >= 11 is 1.60. The number of aromatic nitrogens is 2. The number of aliphatic hydroxyl groups is 1. The van der Waals surface area contributed by atoms with E-state index in [1.165, 1.54) is 0 Å². The van der Waals surface area contributed by atoms with Gasteiger partial charge in [-0.25, -0.2) is 4.98 Å². The molecule has 0 amide bonds. The standard InChI is InChI=1S/C18H19N3OS/c1-14(22)11-21(16-7-3-2-4-8-16)12-15-13-23-18(20-15)17-9-5-6-10-19-17/h2-10,13-14,22H,11-12H2,1H3/t14-/m1/s1. The molecule has 5 heteroatoms. The van der Waals surface area contributed by atoms with Crippen LogP contribution in [0.3, 0.4) is 0 Å². The first kappa shape index (κ1) is 15.6. The zero-order valence-electron chi connectivity index (χ0n) is 13.0. The van der Waals surface area contributed by atoms with E-state index in [0.717, 1.165) is 22.1 Å². The molecule has 0 saturated heterocycles. The van der Waals surface area contributed by atoms with Crippen LogP contribution in [0.1, 0.15) is 12.6 Å². The van der Waals surface area contributed by atoms with Gasteiger partial charge >= 0.3 is 0 Å². The summed E-state index contributed by atoms with van der Waals surface area (Å²) in [6.45, 7) is 3.04. The number of benzene rings is 1. The summed E-state index contributed by atoms with van der Waals surface area (Å²) in [5.41, 5.74) is 2.96. The Morgan fingerprint density at radius 1 is 1.13 bits per heavy atom. The lowest BCUT2D eigenvalue weighted by atomic mass is 10.2. The smallest absolute Gasteiger partial charge is 0.142 e. The minimum Gasteiger partial charge on any atom is -0.392 e. The Morgan fingerprint density at radius 3 is 2.61 bits per heavy atom. The van der Waals surface area contributed by atoms with Gasteiger partial charge in [0.15, 0.2) is 0 Å². The zero-order chi connectivity index (χ0) is 16.1. The van der Waals surface area contributed by atoms with E-state index in [0.29, 0.717) is 13.1 Å². The highest BCUT2D eigenvalue weighted by atomic mass is 32.1. The second-order valence-electron chi connectivity index (χ2n) is 5.42. The van der Waals surface area contributed by atoms with E-state index in [9.17, 15) is 5.11 Å². The van der Waals surface area contributed by atoms with Crippen molar-refractivity contribution in [2.75, 3.05) is 11.4 Å². The molecule has 0 aliphatic heterocycles. The average Bonchev–Trinajstić information content (AvgIpc) is 3.04. The molecule has 0 spiro atoms. The molecule has 23 heavy (non-hydrogen) atoms. The van der Waals surface area contributed by atoms with Crippen molar-refractivity contribution >= 4 is 17.0 Å². The van der Waals surface area contributed by atoms with Crippen molar-refractivity contribution in [3.05, 3.63) is 65.8 Å². The molecule has 0 aliphatic rings. The quantitative estimate of drug-likeness (QED) is 0.752. The largest absolute Gasteiger partial charge is 0.392 e. The molecule has 1 aromatic carbocycles. The molecule has 0 unspecified atom stereocenters. The van der Waals surface area contributed by atoms with Crippen molar-refractivity contribution in [3.63, 3.8) is 0 Å². The summed E-state index contributed by atoms with van der Waals surface area (Å²) in [7, 11) is 0. The van der Waals surface area contributed by atoms with E-state index in [1.807, 2.05) is 36.4 Å². The third kappa shape index (κ3) is 4.15. The van der Waals surface area contributed by atoms with Gasteiger partial charge in [-0.1, -0.05) is 24.3 Å². The zero-order valence-corrected chi connectivity index (χ0v) is 13.8. The summed E-state index contributed by atoms with van der Waals surface area (Å²) in [6, 6.07) is 15.9. The maximum atomic E-state index is 9.78. The highest BCUT2D eigenvalue weighted by Gasteiger charge is 2.13. The predicted octanol–water partition coefficient (Wildman–Crippen LogP) is 3.59. The topological polar surface area (TPSA) is 49.2 Å². The molecule has 0 saturated carbocycles. The molecule has 3 rings (SSSR count). The number of aliphatic hydroxyl groups excluding tert-OH is 1. The Bertz CT molecular complexity index is 728. The summed E-state index contributed by atoms with van der Waals surface area (Å²) in [6.07, 6.45) is 1.38. The Hall–Kier alpha value is -2.24. The third-order valence-electron chi connectivity index (χ3n) is 3.39. The fourth-order valence-electron chi connectivity index (χ4n) is 2.40. The molecule has 1 N–H and O–H groups in total. The first-order valence-corrected chi connectivity index (χ1v) is 8.44. The van der Waals surface area contributed by atoms with E-state index >= 15 is 0 Å². The van der Waals surface area contributed by atoms with E-state index in [1.54, 1.807) is 24.5 Å². The molecule has 2 aromatic heterocycles. The number of nitrogens with zero attached hydrogens (tertiary/aromatic N) is 3. The van der Waals surface area contributed by atoms with Crippen LogP contribution < -0.4 is 4.90 Å². The van der Waals surface area contributed by atoms with Gasteiger partial charge in [-0.3, -0.25) is 4.98 Å². The van der Waals surface area contributed by atoms with Crippen LogP contribution in [0, 0.1) is 0 Å². The molecule has 4 nitrogen and oxygen atoms in total. The van der Waals surface area contributed by atoms with Crippen molar-refractivity contribution in [1.82, 2.24) is 9.97 Å². The lowest BCUT2D eigenvalue weighted by Crippen LogP contribution is -2.30. The number of rotatable bonds is 6. The van der Waals surface area contributed by atoms with Crippen LogP contribution in [0.15, 0.2) is 60.1 Å². The lowest BCUT2D eigenvalue weighted by molar-refractivity contribution is 0.199. The van der Waals surface area contributed by atoms with Gasteiger partial charge in [-0.2, -0.15) is 0 Å². The first-order valence-electron chi connectivity index (χ1n) is 7.56. The van der Waals surface area contributed by atoms with Crippen LogP contribution in [-0.4, -0.2) is 27.7 Å². The first-order chi connectivity index (χ1) is 11.2. The van der Waals surface area contributed by atoms with Crippen molar-refractivity contribution in [2.45, 2.75) is 19.6 Å². The van der Waals surface area contributed by atoms with E-state index in [-0.39, 0.29) is 0 Å². The summed E-state index contributed by atoms with van der Waals surface area (Å²) in [5, 5.41) is 12.8. The van der Waals surface area contributed by atoms with Gasteiger partial charge in [0, 0.05) is 23.8 Å². The van der Waals surface area contributed by atoms with E-state index in [2.05, 4.69) is 32.4 Å². The molecular weight excluding hydrogens is 306 g/mol. The number of pyridine rings is 1. The SMILES string of the molecule is C[C@@H](O)CN(Cc1csc(-c2ccccn2)n1)c1ccccc1. The van der Waals surface area contributed by atoms with E-state index in [4.69, 9.17) is 0 Å². The van der Waals surface area contributed by atoms with Gasteiger partial charge in [0.05, 0.1) is 24.0 Å². The van der Waals surface area contributed by atoms with Crippen molar-refractivity contribution in [2.24, 2.45) is 0 Å². The van der Waals surface area contributed by atoms with E-state index < -0.39 is 6.10 Å². The van der Waals surface area contributed by atoms with Crippen molar-refractivity contribution in [3.8, 4) is 10.7 Å². The van der Waals surface area contributed by atoms with Crippen LogP contribution in [0.25, 0.3) is 10.7 Å². The van der Waals surface area contributed by atoms with Crippen LogP contribution in [0.2, 0.25) is 0 Å². The molecule has 0 bridgehead atoms. The van der Waals surface area contributed by atoms with Gasteiger partial charge < -0.3 is 10.0 Å². The van der Waals surface area contributed by atoms with Gasteiger partial charge in [0.25, 0.3) is 0 Å². The van der Waals surface area contributed by atoms with Crippen LogP contribution >= 0.6 is 11.3 Å². The highest BCUT2D eigenvalue weighted by Crippen LogP contribution is 2.23. The Kier molecular flexibility index (Phi) is 5.00.